The highest BCUT2D eigenvalue weighted by molar-refractivity contribution is 6.30. The SMILES string of the molecule is O=c1cc(C(F)(F)F)nc(Nc2ccc(Cl)cc2[N+](=O)[O-])n1Cc1ccccc1. The van der Waals surface area contributed by atoms with Crippen LogP contribution in [0.15, 0.2) is 59.4 Å². The summed E-state index contributed by atoms with van der Waals surface area (Å²) in [6, 6.07) is 12.5. The monoisotopic (exact) mass is 424 g/mol. The molecule has 1 aromatic heterocycles. The quantitative estimate of drug-likeness (QED) is 0.477. The van der Waals surface area contributed by atoms with Gasteiger partial charge in [-0.25, -0.2) is 4.98 Å². The highest BCUT2D eigenvalue weighted by Gasteiger charge is 2.34. The molecule has 1 N–H and O–H groups in total. The van der Waals surface area contributed by atoms with Crippen LogP contribution in [0, 0.1) is 10.1 Å². The second-order valence-electron chi connectivity index (χ2n) is 5.92. The average Bonchev–Trinajstić information content (AvgIpc) is 2.65. The van der Waals surface area contributed by atoms with Gasteiger partial charge in [0.2, 0.25) is 5.95 Å². The first-order valence-electron chi connectivity index (χ1n) is 8.09. The van der Waals surface area contributed by atoms with Crippen LogP contribution in [0.25, 0.3) is 0 Å². The van der Waals surface area contributed by atoms with Gasteiger partial charge in [-0.2, -0.15) is 13.2 Å². The number of nitrogens with zero attached hydrogens (tertiary/aromatic N) is 3. The number of benzene rings is 2. The lowest BCUT2D eigenvalue weighted by atomic mass is 10.2. The number of nitro benzene ring substituents is 1. The molecular formula is C18H12ClF3N4O3. The van der Waals surface area contributed by atoms with Crippen molar-refractivity contribution >= 4 is 28.9 Å². The van der Waals surface area contributed by atoms with Crippen molar-refractivity contribution in [2.24, 2.45) is 0 Å². The van der Waals surface area contributed by atoms with Gasteiger partial charge in [0.1, 0.15) is 5.69 Å². The maximum atomic E-state index is 13.1. The van der Waals surface area contributed by atoms with E-state index in [1.807, 2.05) is 0 Å². The van der Waals surface area contributed by atoms with E-state index in [-0.39, 0.29) is 17.3 Å². The van der Waals surface area contributed by atoms with E-state index < -0.39 is 34.0 Å². The summed E-state index contributed by atoms with van der Waals surface area (Å²) in [6.45, 7) is -0.0888. The molecule has 0 aliphatic carbocycles. The zero-order valence-electron chi connectivity index (χ0n) is 14.5. The fourth-order valence-corrected chi connectivity index (χ4v) is 2.71. The molecule has 0 saturated heterocycles. The van der Waals surface area contributed by atoms with Crippen molar-refractivity contribution < 1.29 is 18.1 Å². The Balaban J connectivity index is 2.14. The van der Waals surface area contributed by atoms with E-state index in [1.54, 1.807) is 30.3 Å². The molecule has 29 heavy (non-hydrogen) atoms. The zero-order chi connectivity index (χ0) is 21.2. The van der Waals surface area contributed by atoms with Crippen molar-refractivity contribution in [3.63, 3.8) is 0 Å². The third-order valence-corrected chi connectivity index (χ3v) is 4.12. The van der Waals surface area contributed by atoms with Crippen LogP contribution >= 0.6 is 11.6 Å². The Hall–Kier alpha value is -3.40. The number of alkyl halides is 3. The lowest BCUT2D eigenvalue weighted by molar-refractivity contribution is -0.383. The second kappa shape index (κ2) is 7.92. The normalized spacial score (nSPS) is 11.3. The summed E-state index contributed by atoms with van der Waals surface area (Å²) >= 11 is 5.76. The van der Waals surface area contributed by atoms with Crippen molar-refractivity contribution in [2.45, 2.75) is 12.7 Å². The minimum Gasteiger partial charge on any atom is -0.320 e. The number of halogens is 4. The molecule has 0 amide bonds. The molecule has 1 heterocycles. The van der Waals surface area contributed by atoms with E-state index >= 15 is 0 Å². The maximum absolute atomic E-state index is 13.1. The lowest BCUT2D eigenvalue weighted by Gasteiger charge is -2.16. The summed E-state index contributed by atoms with van der Waals surface area (Å²) in [7, 11) is 0. The van der Waals surface area contributed by atoms with E-state index in [1.165, 1.54) is 12.1 Å². The Labute approximate surface area is 166 Å². The van der Waals surface area contributed by atoms with E-state index in [2.05, 4.69) is 10.3 Å². The fraction of sp³-hybridized carbons (Fsp3) is 0.111. The standard InChI is InChI=1S/C18H12ClF3N4O3/c19-12-6-7-13(14(8-12)26(28)29)23-17-24-15(18(20,21)22)9-16(27)25(17)10-11-4-2-1-3-5-11/h1-9H,10H2,(H,23,24). The van der Waals surface area contributed by atoms with Gasteiger partial charge in [0.25, 0.3) is 11.2 Å². The molecule has 7 nitrogen and oxygen atoms in total. The number of rotatable bonds is 5. The van der Waals surface area contributed by atoms with Gasteiger partial charge in [-0.1, -0.05) is 41.9 Å². The first kappa shape index (κ1) is 20.3. The summed E-state index contributed by atoms with van der Waals surface area (Å²) in [5, 5.41) is 13.8. The number of hydrogen-bond donors (Lipinski definition) is 1. The Morgan fingerprint density at radius 3 is 2.45 bits per heavy atom. The smallest absolute Gasteiger partial charge is 0.320 e. The van der Waals surface area contributed by atoms with Crippen LogP contribution in [0.3, 0.4) is 0 Å². The highest BCUT2D eigenvalue weighted by Crippen LogP contribution is 2.31. The highest BCUT2D eigenvalue weighted by atomic mass is 35.5. The van der Waals surface area contributed by atoms with Gasteiger partial charge in [-0.05, 0) is 17.7 Å². The van der Waals surface area contributed by atoms with Crippen molar-refractivity contribution in [1.29, 1.82) is 0 Å². The summed E-state index contributed by atoms with van der Waals surface area (Å²) in [5.41, 5.74) is -2.38. The molecule has 0 radical (unpaired) electrons. The van der Waals surface area contributed by atoms with Gasteiger partial charge in [-0.15, -0.1) is 0 Å². The van der Waals surface area contributed by atoms with E-state index in [0.717, 1.165) is 10.6 Å². The molecule has 150 valence electrons. The second-order valence-corrected chi connectivity index (χ2v) is 6.35. The third-order valence-electron chi connectivity index (χ3n) is 3.89. The molecule has 0 aliphatic rings. The first-order valence-corrected chi connectivity index (χ1v) is 8.47. The summed E-state index contributed by atoms with van der Waals surface area (Å²) in [5.74, 6) is -0.487. The molecule has 0 fully saturated rings. The summed E-state index contributed by atoms with van der Waals surface area (Å²) < 4.78 is 40.4. The van der Waals surface area contributed by atoms with Crippen LogP contribution in [0.1, 0.15) is 11.3 Å². The van der Waals surface area contributed by atoms with Crippen LogP contribution < -0.4 is 10.9 Å². The van der Waals surface area contributed by atoms with Gasteiger partial charge < -0.3 is 5.32 Å². The number of nitro groups is 1. The van der Waals surface area contributed by atoms with E-state index in [0.29, 0.717) is 11.6 Å². The number of hydrogen-bond acceptors (Lipinski definition) is 5. The van der Waals surface area contributed by atoms with Crippen LogP contribution in [-0.2, 0) is 12.7 Å². The minimum atomic E-state index is -4.87. The Morgan fingerprint density at radius 2 is 1.83 bits per heavy atom. The van der Waals surface area contributed by atoms with Gasteiger partial charge in [0.15, 0.2) is 5.69 Å². The molecule has 3 aromatic rings. The van der Waals surface area contributed by atoms with Crippen molar-refractivity contribution in [1.82, 2.24) is 9.55 Å². The van der Waals surface area contributed by atoms with Gasteiger partial charge in [0, 0.05) is 17.2 Å². The van der Waals surface area contributed by atoms with Crippen LogP contribution in [-0.4, -0.2) is 14.5 Å². The zero-order valence-corrected chi connectivity index (χ0v) is 15.2. The van der Waals surface area contributed by atoms with Crippen LogP contribution in [0.4, 0.5) is 30.5 Å². The molecular weight excluding hydrogens is 413 g/mol. The average molecular weight is 425 g/mol. The topological polar surface area (TPSA) is 90.1 Å². The maximum Gasteiger partial charge on any atom is 0.433 e. The van der Waals surface area contributed by atoms with Gasteiger partial charge in [-0.3, -0.25) is 19.5 Å². The Morgan fingerprint density at radius 1 is 1.14 bits per heavy atom. The molecule has 0 spiro atoms. The largest absolute Gasteiger partial charge is 0.433 e. The molecule has 0 bridgehead atoms. The summed E-state index contributed by atoms with van der Waals surface area (Å²) in [6.07, 6.45) is -4.87. The van der Waals surface area contributed by atoms with Crippen LogP contribution in [0.2, 0.25) is 5.02 Å². The number of nitrogens with one attached hydrogen (secondary N) is 1. The molecule has 0 unspecified atom stereocenters. The number of anilines is 2. The molecule has 3 rings (SSSR count). The summed E-state index contributed by atoms with van der Waals surface area (Å²) in [4.78, 5) is 26.4. The third kappa shape index (κ3) is 4.72. The van der Waals surface area contributed by atoms with Gasteiger partial charge >= 0.3 is 6.18 Å². The molecule has 0 saturated carbocycles. The Kier molecular flexibility index (Phi) is 5.55. The molecule has 2 aromatic carbocycles. The molecule has 0 aliphatic heterocycles. The first-order chi connectivity index (χ1) is 13.6. The Bertz CT molecular complexity index is 1120. The van der Waals surface area contributed by atoms with Crippen molar-refractivity contribution in [3.8, 4) is 0 Å². The van der Waals surface area contributed by atoms with Crippen LogP contribution in [0.5, 0.6) is 0 Å². The predicted octanol–water partition coefficient (Wildman–Crippen LogP) is 4.62. The number of aromatic nitrogens is 2. The fourth-order valence-electron chi connectivity index (χ4n) is 2.55. The molecule has 11 heteroatoms. The lowest BCUT2D eigenvalue weighted by Crippen LogP contribution is -2.27. The predicted molar refractivity (Wildman–Crippen MR) is 100 cm³/mol. The minimum absolute atomic E-state index is 0.0703. The van der Waals surface area contributed by atoms with Gasteiger partial charge in [0.05, 0.1) is 11.5 Å². The molecule has 0 atom stereocenters. The van der Waals surface area contributed by atoms with Crippen molar-refractivity contribution in [3.05, 3.63) is 91.3 Å². The van der Waals surface area contributed by atoms with E-state index in [9.17, 15) is 28.1 Å². The van der Waals surface area contributed by atoms with E-state index in [4.69, 9.17) is 11.6 Å². The van der Waals surface area contributed by atoms with Crippen molar-refractivity contribution in [2.75, 3.05) is 5.32 Å².